The second-order valence-electron chi connectivity index (χ2n) is 5.17. The van der Waals surface area contributed by atoms with Crippen molar-refractivity contribution in [3.63, 3.8) is 0 Å². The fourth-order valence-electron chi connectivity index (χ4n) is 2.20. The minimum absolute atomic E-state index is 0.217. The lowest BCUT2D eigenvalue weighted by Crippen LogP contribution is -2.47. The van der Waals surface area contributed by atoms with E-state index in [9.17, 15) is 9.59 Å². The summed E-state index contributed by atoms with van der Waals surface area (Å²) in [5, 5.41) is 8.42. The molecule has 0 radical (unpaired) electrons. The molecule has 0 spiro atoms. The van der Waals surface area contributed by atoms with E-state index in [1.54, 1.807) is 13.1 Å². The van der Waals surface area contributed by atoms with Crippen molar-refractivity contribution < 1.29 is 9.59 Å². The van der Waals surface area contributed by atoms with Crippen molar-refractivity contribution in [2.75, 3.05) is 17.7 Å². The number of aromatic nitrogens is 2. The van der Waals surface area contributed by atoms with Gasteiger partial charge in [-0.2, -0.15) is 0 Å². The predicted octanol–water partition coefficient (Wildman–Crippen LogP) is 0.613. The summed E-state index contributed by atoms with van der Waals surface area (Å²) in [7, 11) is 1.80. The van der Waals surface area contributed by atoms with Crippen LogP contribution in [-0.4, -0.2) is 34.9 Å². The number of rotatable bonds is 4. The number of carbonyl (C=O) groups is 2. The number of hydrogen-bond acceptors (Lipinski definition) is 6. The summed E-state index contributed by atoms with van der Waals surface area (Å²) in [6, 6.07) is 1.36. The van der Waals surface area contributed by atoms with Gasteiger partial charge in [0.1, 0.15) is 23.5 Å². The first kappa shape index (κ1) is 12.8. The van der Waals surface area contributed by atoms with Crippen molar-refractivity contribution in [3.8, 4) is 0 Å². The minimum Gasteiger partial charge on any atom is -0.373 e. The number of hydrogen-bond donors (Lipinski definition) is 3. The van der Waals surface area contributed by atoms with Crippen LogP contribution in [0.15, 0.2) is 6.07 Å². The SMILES string of the molecule is CNc1cc(NC2CCC(=O)NC2=O)nc(C2CC2)n1. The molecule has 3 rings (SSSR count). The standard InChI is InChI=1S/C13H17N5O2/c1-14-9-6-10(17-12(16-9)7-2-3-7)15-8-4-5-11(19)18-13(8)20/h6-8H,2-5H2,1H3,(H,18,19,20)(H2,14,15,16,17). The maximum absolute atomic E-state index is 11.7. The maximum atomic E-state index is 11.7. The van der Waals surface area contributed by atoms with Crippen LogP contribution in [-0.2, 0) is 9.59 Å². The second kappa shape index (κ2) is 5.07. The number of piperidine rings is 1. The molecule has 1 unspecified atom stereocenters. The molecule has 2 amide bonds. The van der Waals surface area contributed by atoms with Crippen molar-refractivity contribution in [1.29, 1.82) is 0 Å². The van der Waals surface area contributed by atoms with E-state index in [0.29, 0.717) is 24.6 Å². The first-order valence-corrected chi connectivity index (χ1v) is 6.82. The van der Waals surface area contributed by atoms with E-state index in [4.69, 9.17) is 0 Å². The lowest BCUT2D eigenvalue weighted by Gasteiger charge is -2.22. The molecule has 1 saturated carbocycles. The van der Waals surface area contributed by atoms with Crippen molar-refractivity contribution in [2.24, 2.45) is 0 Å². The van der Waals surface area contributed by atoms with Crippen LogP contribution in [0.1, 0.15) is 37.4 Å². The van der Waals surface area contributed by atoms with Gasteiger partial charge < -0.3 is 10.6 Å². The summed E-state index contributed by atoms with van der Waals surface area (Å²) < 4.78 is 0. The van der Waals surface area contributed by atoms with E-state index in [-0.39, 0.29) is 11.8 Å². The molecule has 7 heteroatoms. The number of nitrogens with one attached hydrogen (secondary N) is 3. The van der Waals surface area contributed by atoms with E-state index < -0.39 is 6.04 Å². The molecule has 1 aliphatic heterocycles. The van der Waals surface area contributed by atoms with E-state index in [1.807, 2.05) is 0 Å². The molecule has 106 valence electrons. The van der Waals surface area contributed by atoms with Crippen molar-refractivity contribution in [2.45, 2.75) is 37.6 Å². The Morgan fingerprint density at radius 3 is 2.60 bits per heavy atom. The van der Waals surface area contributed by atoms with Crippen LogP contribution in [0.4, 0.5) is 11.6 Å². The second-order valence-corrected chi connectivity index (χ2v) is 5.17. The summed E-state index contributed by atoms with van der Waals surface area (Å²) in [5.41, 5.74) is 0. The van der Waals surface area contributed by atoms with Crippen LogP contribution in [0.3, 0.4) is 0 Å². The van der Waals surface area contributed by atoms with Gasteiger partial charge in [-0.15, -0.1) is 0 Å². The van der Waals surface area contributed by atoms with Crippen LogP contribution in [0.2, 0.25) is 0 Å². The Morgan fingerprint density at radius 2 is 1.95 bits per heavy atom. The number of anilines is 2. The van der Waals surface area contributed by atoms with Crippen LogP contribution in [0.5, 0.6) is 0 Å². The average molecular weight is 275 g/mol. The van der Waals surface area contributed by atoms with Gasteiger partial charge in [0.05, 0.1) is 0 Å². The molecule has 7 nitrogen and oxygen atoms in total. The van der Waals surface area contributed by atoms with Gasteiger partial charge in [-0.25, -0.2) is 9.97 Å². The molecule has 0 bridgehead atoms. The number of carbonyl (C=O) groups excluding carboxylic acids is 2. The zero-order valence-electron chi connectivity index (χ0n) is 11.3. The Labute approximate surface area is 116 Å². The molecular weight excluding hydrogens is 258 g/mol. The fraction of sp³-hybridized carbons (Fsp3) is 0.538. The van der Waals surface area contributed by atoms with Crippen LogP contribution < -0.4 is 16.0 Å². The van der Waals surface area contributed by atoms with Crippen LogP contribution in [0, 0.1) is 0 Å². The Kier molecular flexibility index (Phi) is 3.25. The third kappa shape index (κ3) is 2.71. The van der Waals surface area contributed by atoms with Gasteiger partial charge in [-0.1, -0.05) is 0 Å². The molecule has 1 aromatic heterocycles. The highest BCUT2D eigenvalue weighted by Crippen LogP contribution is 2.38. The molecule has 1 aromatic rings. The Bertz CT molecular complexity index is 556. The Balaban J connectivity index is 1.77. The highest BCUT2D eigenvalue weighted by atomic mass is 16.2. The molecule has 2 fully saturated rings. The normalized spacial score (nSPS) is 22.4. The molecule has 1 aliphatic carbocycles. The fourth-order valence-corrected chi connectivity index (χ4v) is 2.20. The first-order valence-electron chi connectivity index (χ1n) is 6.82. The molecule has 1 atom stereocenters. The zero-order valence-corrected chi connectivity index (χ0v) is 11.3. The molecule has 0 aromatic carbocycles. The third-order valence-corrected chi connectivity index (χ3v) is 3.50. The van der Waals surface area contributed by atoms with Gasteiger partial charge in [-0.05, 0) is 19.3 Å². The minimum atomic E-state index is -0.417. The molecular formula is C13H17N5O2. The number of nitrogens with zero attached hydrogens (tertiary/aromatic N) is 2. The van der Waals surface area contributed by atoms with E-state index in [0.717, 1.165) is 24.5 Å². The zero-order chi connectivity index (χ0) is 14.1. The Morgan fingerprint density at radius 1 is 1.20 bits per heavy atom. The third-order valence-electron chi connectivity index (χ3n) is 3.50. The maximum Gasteiger partial charge on any atom is 0.249 e. The highest BCUT2D eigenvalue weighted by Gasteiger charge is 2.29. The number of imide groups is 1. The van der Waals surface area contributed by atoms with E-state index in [1.165, 1.54) is 0 Å². The largest absolute Gasteiger partial charge is 0.373 e. The lowest BCUT2D eigenvalue weighted by molar-refractivity contribution is -0.133. The molecule has 1 saturated heterocycles. The topological polar surface area (TPSA) is 96.0 Å². The molecule has 2 heterocycles. The van der Waals surface area contributed by atoms with Crippen LogP contribution in [0.25, 0.3) is 0 Å². The first-order chi connectivity index (χ1) is 9.65. The van der Waals surface area contributed by atoms with Gasteiger partial charge in [0.25, 0.3) is 0 Å². The van der Waals surface area contributed by atoms with Gasteiger partial charge in [0.2, 0.25) is 11.8 Å². The van der Waals surface area contributed by atoms with E-state index >= 15 is 0 Å². The quantitative estimate of drug-likeness (QED) is 0.697. The average Bonchev–Trinajstić information content (AvgIpc) is 3.26. The van der Waals surface area contributed by atoms with Gasteiger partial charge >= 0.3 is 0 Å². The summed E-state index contributed by atoms with van der Waals surface area (Å²) in [6.07, 6.45) is 3.07. The summed E-state index contributed by atoms with van der Waals surface area (Å²) in [6.45, 7) is 0. The lowest BCUT2D eigenvalue weighted by atomic mass is 10.1. The summed E-state index contributed by atoms with van der Waals surface area (Å²) >= 11 is 0. The number of amides is 2. The van der Waals surface area contributed by atoms with Crippen molar-refractivity contribution in [1.82, 2.24) is 15.3 Å². The van der Waals surface area contributed by atoms with Crippen molar-refractivity contribution >= 4 is 23.5 Å². The molecule has 2 aliphatic rings. The van der Waals surface area contributed by atoms with Crippen molar-refractivity contribution in [3.05, 3.63) is 11.9 Å². The van der Waals surface area contributed by atoms with Gasteiger partial charge in [-0.3, -0.25) is 14.9 Å². The molecule has 3 N–H and O–H groups in total. The van der Waals surface area contributed by atoms with Crippen LogP contribution >= 0.6 is 0 Å². The highest BCUT2D eigenvalue weighted by molar-refractivity contribution is 6.01. The predicted molar refractivity (Wildman–Crippen MR) is 73.3 cm³/mol. The summed E-state index contributed by atoms with van der Waals surface area (Å²) in [4.78, 5) is 31.8. The smallest absolute Gasteiger partial charge is 0.249 e. The molecule has 20 heavy (non-hydrogen) atoms. The summed E-state index contributed by atoms with van der Waals surface area (Å²) in [5.74, 6) is 2.10. The van der Waals surface area contributed by atoms with Gasteiger partial charge in [0.15, 0.2) is 0 Å². The Hall–Kier alpha value is -2.18. The van der Waals surface area contributed by atoms with Gasteiger partial charge in [0, 0.05) is 25.5 Å². The monoisotopic (exact) mass is 275 g/mol. The van der Waals surface area contributed by atoms with E-state index in [2.05, 4.69) is 25.9 Å².